The van der Waals surface area contributed by atoms with Crippen LogP contribution >= 0.6 is 15.9 Å². The van der Waals surface area contributed by atoms with E-state index in [1.807, 2.05) is 36.4 Å². The number of rotatable bonds is 3. The van der Waals surface area contributed by atoms with Gasteiger partial charge in [0.05, 0.1) is 0 Å². The van der Waals surface area contributed by atoms with Crippen LogP contribution in [0, 0.1) is 17.3 Å². The van der Waals surface area contributed by atoms with Gasteiger partial charge in [0.15, 0.2) is 0 Å². The highest BCUT2D eigenvalue weighted by atomic mass is 79.9. The zero-order chi connectivity index (χ0) is 15.3. The van der Waals surface area contributed by atoms with E-state index in [9.17, 15) is 0 Å². The van der Waals surface area contributed by atoms with E-state index in [1.54, 1.807) is 0 Å². The Hall–Kier alpha value is -1.72. The first kappa shape index (κ1) is 15.7. The lowest BCUT2D eigenvalue weighted by Crippen LogP contribution is -1.99. The summed E-state index contributed by atoms with van der Waals surface area (Å²) < 4.78 is 6.82. The van der Waals surface area contributed by atoms with Gasteiger partial charge in [-0.1, -0.05) is 42.2 Å². The summed E-state index contributed by atoms with van der Waals surface area (Å²) in [6.45, 7) is 6.87. The highest BCUT2D eigenvalue weighted by Crippen LogP contribution is 2.23. The van der Waals surface area contributed by atoms with Crippen LogP contribution in [0.4, 0.5) is 0 Å². The van der Waals surface area contributed by atoms with Crippen molar-refractivity contribution in [2.45, 2.75) is 27.4 Å². The minimum Gasteiger partial charge on any atom is -0.489 e. The van der Waals surface area contributed by atoms with E-state index in [1.165, 1.54) is 0 Å². The minimum atomic E-state index is -0.0136. The molecule has 2 aromatic carbocycles. The fourth-order valence-electron chi connectivity index (χ4n) is 1.69. The lowest BCUT2D eigenvalue weighted by Gasteiger charge is -2.09. The summed E-state index contributed by atoms with van der Waals surface area (Å²) in [7, 11) is 0. The molecule has 0 spiro atoms. The van der Waals surface area contributed by atoms with Crippen LogP contribution in [-0.4, -0.2) is 0 Å². The third-order valence-corrected chi connectivity index (χ3v) is 3.45. The van der Waals surface area contributed by atoms with Gasteiger partial charge >= 0.3 is 0 Å². The van der Waals surface area contributed by atoms with Crippen LogP contribution in [0.3, 0.4) is 0 Å². The third kappa shape index (κ3) is 5.28. The summed E-state index contributed by atoms with van der Waals surface area (Å²) >= 11 is 3.54. The monoisotopic (exact) mass is 342 g/mol. The van der Waals surface area contributed by atoms with Crippen molar-refractivity contribution < 1.29 is 4.74 Å². The minimum absolute atomic E-state index is 0.0136. The van der Waals surface area contributed by atoms with Gasteiger partial charge in [-0.3, -0.25) is 0 Å². The van der Waals surface area contributed by atoms with E-state index in [0.717, 1.165) is 21.3 Å². The third-order valence-electron chi connectivity index (χ3n) is 2.76. The Balaban J connectivity index is 2.13. The average molecular weight is 343 g/mol. The Morgan fingerprint density at radius 2 is 1.76 bits per heavy atom. The zero-order valence-corrected chi connectivity index (χ0v) is 14.2. The van der Waals surface area contributed by atoms with Crippen molar-refractivity contribution in [3.05, 3.63) is 64.1 Å². The molecular weight excluding hydrogens is 324 g/mol. The van der Waals surface area contributed by atoms with Crippen molar-refractivity contribution in [1.29, 1.82) is 0 Å². The highest BCUT2D eigenvalue weighted by molar-refractivity contribution is 9.10. The first-order valence-corrected chi connectivity index (χ1v) is 7.73. The molecule has 2 rings (SSSR count). The molecule has 0 saturated carbocycles. The number of benzene rings is 2. The van der Waals surface area contributed by atoms with Crippen LogP contribution in [-0.2, 0) is 6.61 Å². The molecule has 108 valence electrons. The van der Waals surface area contributed by atoms with E-state index in [4.69, 9.17) is 4.74 Å². The molecular formula is C19H19BrO. The van der Waals surface area contributed by atoms with Crippen molar-refractivity contribution >= 4 is 15.9 Å². The van der Waals surface area contributed by atoms with Crippen LogP contribution in [0.1, 0.15) is 31.9 Å². The molecule has 1 nitrogen and oxygen atoms in total. The lowest BCUT2D eigenvalue weighted by atomic mass is 9.97. The van der Waals surface area contributed by atoms with Gasteiger partial charge in [0, 0.05) is 15.5 Å². The predicted molar refractivity (Wildman–Crippen MR) is 91.2 cm³/mol. The molecule has 0 N–H and O–H groups in total. The van der Waals surface area contributed by atoms with Crippen LogP contribution in [0.5, 0.6) is 5.75 Å². The number of halogens is 1. The van der Waals surface area contributed by atoms with Gasteiger partial charge in [0.25, 0.3) is 0 Å². The highest BCUT2D eigenvalue weighted by Gasteiger charge is 2.05. The molecule has 0 aliphatic rings. The molecule has 0 aliphatic heterocycles. The van der Waals surface area contributed by atoms with E-state index < -0.39 is 0 Å². The van der Waals surface area contributed by atoms with Gasteiger partial charge in [-0.25, -0.2) is 0 Å². The van der Waals surface area contributed by atoms with Crippen molar-refractivity contribution in [3.8, 4) is 17.6 Å². The lowest BCUT2D eigenvalue weighted by molar-refractivity contribution is 0.306. The molecule has 0 unspecified atom stereocenters. The van der Waals surface area contributed by atoms with Crippen LogP contribution in [0.2, 0.25) is 0 Å². The molecule has 21 heavy (non-hydrogen) atoms. The van der Waals surface area contributed by atoms with Crippen LogP contribution in [0.25, 0.3) is 0 Å². The maximum absolute atomic E-state index is 5.83. The Bertz CT molecular complexity index is 657. The Morgan fingerprint density at radius 3 is 2.43 bits per heavy atom. The molecule has 0 amide bonds. The van der Waals surface area contributed by atoms with Crippen molar-refractivity contribution in [2.75, 3.05) is 0 Å². The smallest absolute Gasteiger partial charge is 0.121 e. The van der Waals surface area contributed by atoms with Crippen molar-refractivity contribution in [3.63, 3.8) is 0 Å². The fraction of sp³-hybridized carbons (Fsp3) is 0.263. The summed E-state index contributed by atoms with van der Waals surface area (Å²) in [5, 5.41) is 0. The normalized spacial score (nSPS) is 10.7. The molecule has 2 heteroatoms. The van der Waals surface area contributed by atoms with Gasteiger partial charge in [-0.2, -0.15) is 0 Å². The molecule has 0 aromatic heterocycles. The topological polar surface area (TPSA) is 9.23 Å². The van der Waals surface area contributed by atoms with Gasteiger partial charge in [0.1, 0.15) is 12.4 Å². The average Bonchev–Trinajstić information content (AvgIpc) is 2.45. The molecule has 2 aromatic rings. The number of hydrogen-bond donors (Lipinski definition) is 0. The van der Waals surface area contributed by atoms with Gasteiger partial charge < -0.3 is 4.74 Å². The molecule has 0 aliphatic carbocycles. The summed E-state index contributed by atoms with van der Waals surface area (Å²) in [5.41, 5.74) is 2.10. The van der Waals surface area contributed by atoms with Crippen LogP contribution in [0.15, 0.2) is 53.0 Å². The maximum atomic E-state index is 5.83. The van der Waals surface area contributed by atoms with E-state index in [0.29, 0.717) is 6.61 Å². The van der Waals surface area contributed by atoms with Crippen molar-refractivity contribution in [2.24, 2.45) is 5.41 Å². The first-order chi connectivity index (χ1) is 9.94. The first-order valence-electron chi connectivity index (χ1n) is 6.93. The second-order valence-corrected chi connectivity index (χ2v) is 6.77. The van der Waals surface area contributed by atoms with Crippen molar-refractivity contribution in [1.82, 2.24) is 0 Å². The van der Waals surface area contributed by atoms with E-state index in [-0.39, 0.29) is 5.41 Å². The standard InChI is InChI=1S/C19H19BrO/c1-19(2,3)12-11-16-13-17(9-10-18(16)20)21-14-15-7-5-4-6-8-15/h4-10,13H,14H2,1-3H3. The Labute approximate surface area is 135 Å². The van der Waals surface area contributed by atoms with Gasteiger partial charge in [-0.05, 0) is 60.5 Å². The van der Waals surface area contributed by atoms with E-state index >= 15 is 0 Å². The maximum Gasteiger partial charge on any atom is 0.121 e. The molecule has 0 fully saturated rings. The van der Waals surface area contributed by atoms with Crippen LogP contribution < -0.4 is 4.74 Å². The molecule has 0 saturated heterocycles. The quantitative estimate of drug-likeness (QED) is 0.676. The van der Waals surface area contributed by atoms with Gasteiger partial charge in [-0.15, -0.1) is 0 Å². The predicted octanol–water partition coefficient (Wildman–Crippen LogP) is 5.43. The Morgan fingerprint density at radius 1 is 1.05 bits per heavy atom. The summed E-state index contributed by atoms with van der Waals surface area (Å²) in [4.78, 5) is 0. The molecule has 0 atom stereocenters. The summed E-state index contributed by atoms with van der Waals surface area (Å²) in [6.07, 6.45) is 0. The summed E-state index contributed by atoms with van der Waals surface area (Å²) in [6, 6.07) is 16.1. The van der Waals surface area contributed by atoms with E-state index in [2.05, 4.69) is 60.7 Å². The number of ether oxygens (including phenoxy) is 1. The second kappa shape index (κ2) is 6.83. The van der Waals surface area contributed by atoms with Gasteiger partial charge in [0.2, 0.25) is 0 Å². The number of hydrogen-bond acceptors (Lipinski definition) is 1. The molecule has 0 radical (unpaired) electrons. The zero-order valence-electron chi connectivity index (χ0n) is 12.6. The second-order valence-electron chi connectivity index (χ2n) is 5.92. The Kier molecular flexibility index (Phi) is 5.09. The fourth-order valence-corrected chi connectivity index (χ4v) is 2.03. The SMILES string of the molecule is CC(C)(C)C#Cc1cc(OCc2ccccc2)ccc1Br. The molecule has 0 heterocycles. The summed E-state index contributed by atoms with van der Waals surface area (Å²) in [5.74, 6) is 7.29. The molecule has 0 bridgehead atoms. The largest absolute Gasteiger partial charge is 0.489 e.